The number of amides is 1. The number of hydrogen-bond acceptors (Lipinski definition) is 4. The Morgan fingerprint density at radius 1 is 1.23 bits per heavy atom. The van der Waals surface area contributed by atoms with Gasteiger partial charge in [0, 0.05) is 12.1 Å². The Balaban J connectivity index is 2.17. The molecule has 0 aliphatic carbocycles. The Labute approximate surface area is 152 Å². The van der Waals surface area contributed by atoms with E-state index in [2.05, 4.69) is 5.32 Å². The lowest BCUT2D eigenvalue weighted by atomic mass is 10.2. The van der Waals surface area contributed by atoms with Gasteiger partial charge in [-0.2, -0.15) is 4.31 Å². The molecule has 6 nitrogen and oxygen atoms in total. The second-order valence-corrected chi connectivity index (χ2v) is 7.86. The molecule has 1 amide bonds. The van der Waals surface area contributed by atoms with Crippen LogP contribution in [0.25, 0.3) is 0 Å². The van der Waals surface area contributed by atoms with Gasteiger partial charge < -0.3 is 10.1 Å². The van der Waals surface area contributed by atoms with Gasteiger partial charge in [0.15, 0.2) is 0 Å². The van der Waals surface area contributed by atoms with Crippen LogP contribution in [0, 0.1) is 12.7 Å². The number of methoxy groups -OCH3 is 1. The van der Waals surface area contributed by atoms with Crippen LogP contribution in [-0.4, -0.2) is 38.5 Å². The first-order valence-electron chi connectivity index (χ1n) is 7.83. The fourth-order valence-corrected chi connectivity index (χ4v) is 3.10. The number of halogens is 1. The van der Waals surface area contributed by atoms with Crippen LogP contribution in [0.4, 0.5) is 10.1 Å². The zero-order valence-electron chi connectivity index (χ0n) is 14.8. The molecule has 0 atom stereocenters. The summed E-state index contributed by atoms with van der Waals surface area (Å²) in [5.41, 5.74) is 1.54. The van der Waals surface area contributed by atoms with Crippen molar-refractivity contribution in [3.8, 4) is 5.75 Å². The fourth-order valence-electron chi connectivity index (χ4n) is 2.38. The van der Waals surface area contributed by atoms with E-state index in [0.717, 1.165) is 16.1 Å². The largest absolute Gasteiger partial charge is 0.495 e. The van der Waals surface area contributed by atoms with Crippen molar-refractivity contribution in [2.24, 2.45) is 0 Å². The number of ether oxygens (including phenoxy) is 1. The topological polar surface area (TPSA) is 75.7 Å². The molecule has 26 heavy (non-hydrogen) atoms. The van der Waals surface area contributed by atoms with Gasteiger partial charge in [-0.25, -0.2) is 12.8 Å². The van der Waals surface area contributed by atoms with Crippen molar-refractivity contribution in [2.45, 2.75) is 13.5 Å². The summed E-state index contributed by atoms with van der Waals surface area (Å²) in [4.78, 5) is 12.4. The summed E-state index contributed by atoms with van der Waals surface area (Å²) < 4.78 is 44.0. The molecule has 0 spiro atoms. The quantitative estimate of drug-likeness (QED) is 0.801. The highest BCUT2D eigenvalue weighted by Crippen LogP contribution is 2.25. The predicted octanol–water partition coefficient (Wildman–Crippen LogP) is 2.54. The molecule has 0 fully saturated rings. The molecule has 2 aromatic carbocycles. The Bertz CT molecular complexity index is 900. The third-order valence-electron chi connectivity index (χ3n) is 3.72. The Hall–Kier alpha value is -2.45. The molecule has 0 aromatic heterocycles. The van der Waals surface area contributed by atoms with E-state index < -0.39 is 28.3 Å². The minimum Gasteiger partial charge on any atom is -0.495 e. The fraction of sp³-hybridized carbons (Fsp3) is 0.278. The molecule has 0 saturated carbocycles. The highest BCUT2D eigenvalue weighted by molar-refractivity contribution is 7.88. The van der Waals surface area contributed by atoms with Gasteiger partial charge in [0.25, 0.3) is 0 Å². The van der Waals surface area contributed by atoms with Crippen LogP contribution in [-0.2, 0) is 21.4 Å². The van der Waals surface area contributed by atoms with Gasteiger partial charge >= 0.3 is 0 Å². The van der Waals surface area contributed by atoms with Crippen LogP contribution in [0.3, 0.4) is 0 Å². The molecule has 8 heteroatoms. The molecule has 2 rings (SSSR count). The van der Waals surface area contributed by atoms with Crippen molar-refractivity contribution in [3.63, 3.8) is 0 Å². The molecule has 0 aliphatic heterocycles. The van der Waals surface area contributed by atoms with Crippen LogP contribution >= 0.6 is 0 Å². The third kappa shape index (κ3) is 5.27. The maximum absolute atomic E-state index is 13.8. The number of nitrogens with one attached hydrogen (secondary N) is 1. The number of rotatable bonds is 7. The molecule has 0 heterocycles. The van der Waals surface area contributed by atoms with Crippen molar-refractivity contribution < 1.29 is 22.3 Å². The maximum atomic E-state index is 13.8. The number of carbonyl (C=O) groups excluding carboxylic acids is 1. The number of aryl methyl sites for hydroxylation is 1. The molecule has 140 valence electrons. The average Bonchev–Trinajstić information content (AvgIpc) is 2.55. The van der Waals surface area contributed by atoms with E-state index in [1.54, 1.807) is 18.2 Å². The lowest BCUT2D eigenvalue weighted by Gasteiger charge is -2.20. The molecule has 0 radical (unpaired) electrons. The average molecular weight is 380 g/mol. The van der Waals surface area contributed by atoms with Gasteiger partial charge in [0.05, 0.1) is 25.6 Å². The van der Waals surface area contributed by atoms with E-state index in [1.165, 1.54) is 25.3 Å². The lowest BCUT2D eigenvalue weighted by molar-refractivity contribution is -0.116. The number of sulfonamides is 1. The van der Waals surface area contributed by atoms with Crippen LogP contribution in [0.15, 0.2) is 42.5 Å². The number of anilines is 1. The predicted molar refractivity (Wildman–Crippen MR) is 98.0 cm³/mol. The minimum atomic E-state index is -3.72. The van der Waals surface area contributed by atoms with Crippen LogP contribution in [0.5, 0.6) is 5.75 Å². The van der Waals surface area contributed by atoms with E-state index >= 15 is 0 Å². The van der Waals surface area contributed by atoms with Gasteiger partial charge in [-0.1, -0.05) is 24.3 Å². The molecule has 2 aromatic rings. The normalized spacial score (nSPS) is 11.4. The smallest absolute Gasteiger partial charge is 0.239 e. The van der Waals surface area contributed by atoms with Gasteiger partial charge in [-0.3, -0.25) is 4.79 Å². The highest BCUT2D eigenvalue weighted by Gasteiger charge is 2.22. The lowest BCUT2D eigenvalue weighted by Crippen LogP contribution is -2.37. The zero-order valence-corrected chi connectivity index (χ0v) is 15.6. The van der Waals surface area contributed by atoms with E-state index in [9.17, 15) is 17.6 Å². The maximum Gasteiger partial charge on any atom is 0.239 e. The Morgan fingerprint density at radius 3 is 2.54 bits per heavy atom. The Kier molecular flexibility index (Phi) is 6.33. The second kappa shape index (κ2) is 8.29. The van der Waals surface area contributed by atoms with E-state index in [4.69, 9.17) is 4.74 Å². The third-order valence-corrected chi connectivity index (χ3v) is 4.92. The molecule has 0 unspecified atom stereocenters. The van der Waals surface area contributed by atoms with Crippen molar-refractivity contribution in [1.82, 2.24) is 4.31 Å². The van der Waals surface area contributed by atoms with Crippen molar-refractivity contribution in [3.05, 3.63) is 59.4 Å². The summed E-state index contributed by atoms with van der Waals surface area (Å²) in [7, 11) is -2.24. The van der Waals surface area contributed by atoms with Crippen molar-refractivity contribution in [2.75, 3.05) is 25.2 Å². The monoisotopic (exact) mass is 380 g/mol. The molecule has 1 N–H and O–H groups in total. The van der Waals surface area contributed by atoms with Crippen molar-refractivity contribution in [1.29, 1.82) is 0 Å². The molecular weight excluding hydrogens is 359 g/mol. The minimum absolute atomic E-state index is 0.193. The van der Waals surface area contributed by atoms with Gasteiger partial charge in [-0.15, -0.1) is 0 Å². The van der Waals surface area contributed by atoms with Crippen LogP contribution in [0.2, 0.25) is 0 Å². The Morgan fingerprint density at radius 2 is 1.92 bits per heavy atom. The van der Waals surface area contributed by atoms with E-state index in [0.29, 0.717) is 11.4 Å². The van der Waals surface area contributed by atoms with Gasteiger partial charge in [0.1, 0.15) is 11.6 Å². The molecule has 0 bridgehead atoms. The molecular formula is C18H21FN2O4S. The number of benzene rings is 2. The van der Waals surface area contributed by atoms with E-state index in [1.807, 2.05) is 13.0 Å². The number of nitrogens with zero attached hydrogens (tertiary/aromatic N) is 1. The summed E-state index contributed by atoms with van der Waals surface area (Å²) in [5.74, 6) is -0.610. The summed E-state index contributed by atoms with van der Waals surface area (Å²) in [6.07, 6.45) is 0.981. The summed E-state index contributed by atoms with van der Waals surface area (Å²) in [5, 5.41) is 2.64. The summed E-state index contributed by atoms with van der Waals surface area (Å²) in [6, 6.07) is 11.1. The molecule has 0 saturated heterocycles. The number of carbonyl (C=O) groups is 1. The standard InChI is InChI=1S/C18H21FN2O4S/c1-13-8-9-17(25-2)16(10-13)20-18(22)12-21(26(3,23)24)11-14-6-4-5-7-15(14)19/h4-10H,11-12H2,1-3H3,(H,20,22). The summed E-state index contributed by atoms with van der Waals surface area (Å²) >= 11 is 0. The van der Waals surface area contributed by atoms with Crippen molar-refractivity contribution >= 4 is 21.6 Å². The first-order chi connectivity index (χ1) is 12.2. The first kappa shape index (κ1) is 19.9. The van der Waals surface area contributed by atoms with Crippen LogP contribution in [0.1, 0.15) is 11.1 Å². The van der Waals surface area contributed by atoms with Gasteiger partial charge in [-0.05, 0) is 30.7 Å². The number of hydrogen-bond donors (Lipinski definition) is 1. The van der Waals surface area contributed by atoms with Crippen LogP contribution < -0.4 is 10.1 Å². The van der Waals surface area contributed by atoms with Gasteiger partial charge in [0.2, 0.25) is 15.9 Å². The first-order valence-corrected chi connectivity index (χ1v) is 9.68. The SMILES string of the molecule is COc1ccc(C)cc1NC(=O)CN(Cc1ccccc1F)S(C)(=O)=O. The summed E-state index contributed by atoms with van der Waals surface area (Å²) in [6.45, 7) is 1.18. The highest BCUT2D eigenvalue weighted by atomic mass is 32.2. The molecule has 0 aliphatic rings. The zero-order chi connectivity index (χ0) is 19.3. The van der Waals surface area contributed by atoms with E-state index in [-0.39, 0.29) is 12.1 Å². The second-order valence-electron chi connectivity index (χ2n) is 5.87.